The summed E-state index contributed by atoms with van der Waals surface area (Å²) in [7, 11) is 0. The lowest BCUT2D eigenvalue weighted by atomic mass is 10.0. The van der Waals surface area contributed by atoms with Gasteiger partial charge in [0.05, 0.1) is 11.4 Å². The molecule has 2 aromatic carbocycles. The lowest BCUT2D eigenvalue weighted by molar-refractivity contribution is 0.256. The summed E-state index contributed by atoms with van der Waals surface area (Å²) in [5.74, 6) is 0. The molecule has 3 aromatic rings. The summed E-state index contributed by atoms with van der Waals surface area (Å²) in [5, 5.41) is 10.3. The van der Waals surface area contributed by atoms with Gasteiger partial charge in [-0.1, -0.05) is 18.2 Å². The Morgan fingerprint density at radius 1 is 1.24 bits per heavy atom. The Balaban J connectivity index is 1.73. The standard InChI is InChI=1S/C17H13N2OS/c1-10-3-2-4-15-16(10)12(9-21-15)7-11-5-6-13-14(8-11)19-17(20)18-13/h2-6,8-9H,7H2,1H3,(H,18,20). The van der Waals surface area contributed by atoms with Crippen LogP contribution in [0.25, 0.3) is 10.1 Å². The third-order valence-electron chi connectivity index (χ3n) is 3.80. The average molecular weight is 293 g/mol. The number of nitrogens with one attached hydrogen (secondary N) is 1. The number of hydrogen-bond acceptors (Lipinski definition) is 2. The zero-order valence-electron chi connectivity index (χ0n) is 11.5. The zero-order chi connectivity index (χ0) is 14.4. The fraction of sp³-hybridized carbons (Fsp3) is 0.118. The SMILES string of the molecule is Cc1cccc2scc(Cc3ccc4c(c3)[N]C(=O)N4)c12. The first-order chi connectivity index (χ1) is 10.2. The molecule has 1 N–H and O–H groups in total. The Labute approximate surface area is 126 Å². The molecule has 0 saturated heterocycles. The van der Waals surface area contributed by atoms with Crippen LogP contribution >= 0.6 is 11.3 Å². The Bertz CT molecular complexity index is 866. The van der Waals surface area contributed by atoms with Crippen LogP contribution in [-0.2, 0) is 6.42 Å². The first-order valence-electron chi connectivity index (χ1n) is 6.82. The maximum Gasteiger partial charge on any atom is 0.346 e. The minimum atomic E-state index is -0.279. The van der Waals surface area contributed by atoms with E-state index in [0.29, 0.717) is 0 Å². The minimum absolute atomic E-state index is 0.279. The molecule has 0 saturated carbocycles. The summed E-state index contributed by atoms with van der Waals surface area (Å²) in [4.78, 5) is 11.3. The Morgan fingerprint density at radius 3 is 3.05 bits per heavy atom. The fourth-order valence-electron chi connectivity index (χ4n) is 2.83. The maximum atomic E-state index is 11.3. The van der Waals surface area contributed by atoms with Crippen molar-refractivity contribution < 1.29 is 4.79 Å². The van der Waals surface area contributed by atoms with E-state index in [4.69, 9.17) is 0 Å². The molecule has 0 fully saturated rings. The van der Waals surface area contributed by atoms with Crippen molar-refractivity contribution in [3.63, 3.8) is 0 Å². The number of anilines is 1. The third kappa shape index (κ3) is 2.08. The lowest BCUT2D eigenvalue weighted by Gasteiger charge is -2.04. The topological polar surface area (TPSA) is 43.2 Å². The van der Waals surface area contributed by atoms with Gasteiger partial charge in [0.25, 0.3) is 0 Å². The van der Waals surface area contributed by atoms with E-state index in [1.807, 2.05) is 12.1 Å². The molecular formula is C17H13N2OS. The van der Waals surface area contributed by atoms with Crippen LogP contribution in [0.4, 0.5) is 16.2 Å². The van der Waals surface area contributed by atoms with Gasteiger partial charge in [-0.3, -0.25) is 0 Å². The van der Waals surface area contributed by atoms with Gasteiger partial charge in [0.2, 0.25) is 0 Å². The van der Waals surface area contributed by atoms with Crippen molar-refractivity contribution in [1.29, 1.82) is 0 Å². The molecule has 1 aliphatic heterocycles. The van der Waals surface area contributed by atoms with Crippen LogP contribution in [0.1, 0.15) is 16.7 Å². The molecule has 1 radical (unpaired) electrons. The first kappa shape index (κ1) is 12.4. The zero-order valence-corrected chi connectivity index (χ0v) is 12.3. The van der Waals surface area contributed by atoms with E-state index in [1.165, 1.54) is 26.8 Å². The van der Waals surface area contributed by atoms with Crippen molar-refractivity contribution in [2.75, 3.05) is 5.32 Å². The molecule has 4 rings (SSSR count). The highest BCUT2D eigenvalue weighted by molar-refractivity contribution is 7.17. The van der Waals surface area contributed by atoms with Crippen molar-refractivity contribution >= 4 is 38.8 Å². The molecule has 1 aromatic heterocycles. The van der Waals surface area contributed by atoms with Crippen LogP contribution in [0.15, 0.2) is 41.8 Å². The summed E-state index contributed by atoms with van der Waals surface area (Å²) in [6, 6.07) is 12.1. The fourth-order valence-corrected chi connectivity index (χ4v) is 3.87. The van der Waals surface area contributed by atoms with Crippen molar-refractivity contribution in [2.45, 2.75) is 13.3 Å². The smallest absolute Gasteiger partial charge is 0.304 e. The van der Waals surface area contributed by atoms with E-state index in [1.54, 1.807) is 11.3 Å². The van der Waals surface area contributed by atoms with Gasteiger partial charge in [-0.25, -0.2) is 4.79 Å². The molecule has 2 heterocycles. The quantitative estimate of drug-likeness (QED) is 0.738. The highest BCUT2D eigenvalue weighted by Crippen LogP contribution is 2.33. The van der Waals surface area contributed by atoms with Gasteiger partial charge in [0, 0.05) is 4.70 Å². The van der Waals surface area contributed by atoms with Crippen LogP contribution in [0, 0.1) is 6.92 Å². The molecule has 2 amide bonds. The third-order valence-corrected chi connectivity index (χ3v) is 4.80. The molecule has 1 aliphatic rings. The first-order valence-corrected chi connectivity index (χ1v) is 7.70. The van der Waals surface area contributed by atoms with Gasteiger partial charge >= 0.3 is 6.03 Å². The summed E-state index contributed by atoms with van der Waals surface area (Å²) in [6.07, 6.45) is 0.863. The van der Waals surface area contributed by atoms with Gasteiger partial charge in [-0.15, -0.1) is 11.3 Å². The molecule has 0 atom stereocenters. The monoisotopic (exact) mass is 293 g/mol. The van der Waals surface area contributed by atoms with E-state index in [9.17, 15) is 4.79 Å². The number of benzene rings is 2. The largest absolute Gasteiger partial charge is 0.346 e. The number of fused-ring (bicyclic) bond motifs is 2. The summed E-state index contributed by atoms with van der Waals surface area (Å²) in [5.41, 5.74) is 5.37. The van der Waals surface area contributed by atoms with Crippen LogP contribution in [-0.4, -0.2) is 6.03 Å². The van der Waals surface area contributed by atoms with Crippen LogP contribution in [0.3, 0.4) is 0 Å². The van der Waals surface area contributed by atoms with Gasteiger partial charge in [0.15, 0.2) is 0 Å². The number of amides is 2. The maximum absolute atomic E-state index is 11.3. The predicted molar refractivity (Wildman–Crippen MR) is 86.6 cm³/mol. The number of carbonyl (C=O) groups is 1. The number of nitrogens with zero attached hydrogens (tertiary/aromatic N) is 1. The summed E-state index contributed by atoms with van der Waals surface area (Å²) >= 11 is 1.78. The Morgan fingerprint density at radius 2 is 2.14 bits per heavy atom. The van der Waals surface area contributed by atoms with E-state index in [-0.39, 0.29) is 6.03 Å². The number of thiophene rings is 1. The number of rotatable bonds is 2. The second-order valence-corrected chi connectivity index (χ2v) is 6.19. The van der Waals surface area contributed by atoms with Gasteiger partial charge in [-0.05, 0) is 59.0 Å². The van der Waals surface area contributed by atoms with E-state index >= 15 is 0 Å². The number of urea groups is 1. The molecule has 0 aliphatic carbocycles. The molecule has 0 spiro atoms. The molecule has 3 nitrogen and oxygen atoms in total. The van der Waals surface area contributed by atoms with Crippen LogP contribution < -0.4 is 10.6 Å². The highest BCUT2D eigenvalue weighted by Gasteiger charge is 2.19. The van der Waals surface area contributed by atoms with Crippen molar-refractivity contribution in [3.05, 3.63) is 58.5 Å². The number of hydrogen-bond donors (Lipinski definition) is 1. The Kier molecular flexibility index (Phi) is 2.72. The molecular weight excluding hydrogens is 280 g/mol. The summed E-state index contributed by atoms with van der Waals surface area (Å²) < 4.78 is 1.33. The van der Waals surface area contributed by atoms with Crippen LogP contribution in [0.2, 0.25) is 0 Å². The van der Waals surface area contributed by atoms with Gasteiger partial charge in [-0.2, -0.15) is 5.32 Å². The van der Waals surface area contributed by atoms with Crippen LogP contribution in [0.5, 0.6) is 0 Å². The highest BCUT2D eigenvalue weighted by atomic mass is 32.1. The van der Waals surface area contributed by atoms with Crippen molar-refractivity contribution in [3.8, 4) is 0 Å². The molecule has 0 unspecified atom stereocenters. The van der Waals surface area contributed by atoms with E-state index in [2.05, 4.69) is 47.2 Å². The van der Waals surface area contributed by atoms with Gasteiger partial charge < -0.3 is 5.32 Å². The molecule has 4 heteroatoms. The van der Waals surface area contributed by atoms with Crippen molar-refractivity contribution in [2.24, 2.45) is 0 Å². The molecule has 103 valence electrons. The second-order valence-electron chi connectivity index (χ2n) is 5.28. The molecule has 0 bridgehead atoms. The average Bonchev–Trinajstić information content (AvgIpc) is 3.02. The van der Waals surface area contributed by atoms with E-state index < -0.39 is 0 Å². The number of carbonyl (C=O) groups excluding carboxylic acids is 1. The minimum Gasteiger partial charge on any atom is -0.304 e. The van der Waals surface area contributed by atoms with Gasteiger partial charge in [0.1, 0.15) is 0 Å². The molecule has 21 heavy (non-hydrogen) atoms. The second kappa shape index (κ2) is 4.60. The lowest BCUT2D eigenvalue weighted by Crippen LogP contribution is -2.08. The number of aryl methyl sites for hydroxylation is 1. The Hall–Kier alpha value is -2.33. The predicted octanol–water partition coefficient (Wildman–Crippen LogP) is 4.58. The van der Waals surface area contributed by atoms with Crippen molar-refractivity contribution in [1.82, 2.24) is 5.32 Å². The van der Waals surface area contributed by atoms with E-state index in [0.717, 1.165) is 17.8 Å². The normalized spacial score (nSPS) is 13.1. The summed E-state index contributed by atoms with van der Waals surface area (Å²) in [6.45, 7) is 2.15.